The molecule has 2 heterocycles. The number of amides is 1. The molecule has 0 aliphatic carbocycles. The van der Waals surface area contributed by atoms with Gasteiger partial charge in [-0.2, -0.15) is 5.10 Å². The SMILES string of the molecule is CCc1nn(C)cc1NC(=O)c1csc(N)n1. The number of hydrogen-bond acceptors (Lipinski definition) is 5. The number of nitrogens with one attached hydrogen (secondary N) is 1. The molecule has 3 N–H and O–H groups in total. The van der Waals surface area contributed by atoms with Crippen LogP contribution in [0, 0.1) is 0 Å². The minimum Gasteiger partial charge on any atom is -0.375 e. The van der Waals surface area contributed by atoms with Crippen LogP contribution in [0.3, 0.4) is 0 Å². The first kappa shape index (κ1) is 11.6. The van der Waals surface area contributed by atoms with Crippen molar-refractivity contribution >= 4 is 28.1 Å². The third-order valence-electron chi connectivity index (χ3n) is 2.24. The number of carbonyl (C=O) groups is 1. The highest BCUT2D eigenvalue weighted by atomic mass is 32.1. The molecule has 0 fully saturated rings. The van der Waals surface area contributed by atoms with Crippen LogP contribution in [0.5, 0.6) is 0 Å². The van der Waals surface area contributed by atoms with Crippen molar-refractivity contribution in [1.82, 2.24) is 14.8 Å². The van der Waals surface area contributed by atoms with Crippen molar-refractivity contribution in [3.63, 3.8) is 0 Å². The number of rotatable bonds is 3. The molecule has 90 valence electrons. The van der Waals surface area contributed by atoms with Crippen LogP contribution in [-0.2, 0) is 13.5 Å². The molecule has 0 atom stereocenters. The normalized spacial score (nSPS) is 10.5. The van der Waals surface area contributed by atoms with Crippen LogP contribution in [-0.4, -0.2) is 20.7 Å². The van der Waals surface area contributed by atoms with Crippen molar-refractivity contribution in [3.8, 4) is 0 Å². The summed E-state index contributed by atoms with van der Waals surface area (Å²) in [5.41, 5.74) is 7.38. The summed E-state index contributed by atoms with van der Waals surface area (Å²) in [5, 5.41) is 9.04. The fourth-order valence-electron chi connectivity index (χ4n) is 1.48. The Balaban J connectivity index is 2.18. The molecule has 0 bridgehead atoms. The predicted octanol–water partition coefficient (Wildman–Crippen LogP) is 1.27. The molecule has 2 aromatic rings. The van der Waals surface area contributed by atoms with Gasteiger partial charge in [-0.1, -0.05) is 6.92 Å². The van der Waals surface area contributed by atoms with Gasteiger partial charge in [-0.05, 0) is 6.42 Å². The van der Waals surface area contributed by atoms with Crippen LogP contribution in [0.4, 0.5) is 10.8 Å². The molecule has 2 aromatic heterocycles. The van der Waals surface area contributed by atoms with Crippen molar-refractivity contribution in [2.45, 2.75) is 13.3 Å². The lowest BCUT2D eigenvalue weighted by Crippen LogP contribution is -2.13. The molecule has 6 nitrogen and oxygen atoms in total. The van der Waals surface area contributed by atoms with Crippen LogP contribution >= 0.6 is 11.3 Å². The van der Waals surface area contributed by atoms with E-state index in [4.69, 9.17) is 5.73 Å². The number of aromatic nitrogens is 3. The van der Waals surface area contributed by atoms with E-state index in [0.717, 1.165) is 12.1 Å². The molecular weight excluding hydrogens is 238 g/mol. The Hall–Kier alpha value is -1.89. The van der Waals surface area contributed by atoms with Gasteiger partial charge >= 0.3 is 0 Å². The molecule has 0 aliphatic rings. The Morgan fingerprint density at radius 2 is 2.41 bits per heavy atom. The van der Waals surface area contributed by atoms with E-state index in [9.17, 15) is 4.79 Å². The minimum atomic E-state index is -0.263. The molecule has 0 saturated carbocycles. The van der Waals surface area contributed by atoms with E-state index in [2.05, 4.69) is 15.4 Å². The number of nitrogen functional groups attached to an aromatic ring is 1. The van der Waals surface area contributed by atoms with Gasteiger partial charge in [0.2, 0.25) is 0 Å². The van der Waals surface area contributed by atoms with E-state index >= 15 is 0 Å². The molecule has 1 amide bonds. The van der Waals surface area contributed by atoms with Gasteiger partial charge in [-0.3, -0.25) is 9.48 Å². The monoisotopic (exact) mass is 251 g/mol. The standard InChI is InChI=1S/C10H13N5OS/c1-3-6-7(4-15(2)14-6)12-9(16)8-5-17-10(11)13-8/h4-5H,3H2,1-2H3,(H2,11,13)(H,12,16). The lowest BCUT2D eigenvalue weighted by atomic mass is 10.3. The Kier molecular flexibility index (Phi) is 3.10. The van der Waals surface area contributed by atoms with Crippen LogP contribution < -0.4 is 11.1 Å². The number of anilines is 2. The maximum Gasteiger partial charge on any atom is 0.275 e. The van der Waals surface area contributed by atoms with E-state index in [0.29, 0.717) is 16.5 Å². The lowest BCUT2D eigenvalue weighted by molar-refractivity contribution is 0.102. The molecule has 0 unspecified atom stereocenters. The minimum absolute atomic E-state index is 0.263. The number of carbonyl (C=O) groups excluding carboxylic acids is 1. The third-order valence-corrected chi connectivity index (χ3v) is 2.92. The maximum atomic E-state index is 11.8. The molecule has 0 spiro atoms. The van der Waals surface area contributed by atoms with E-state index < -0.39 is 0 Å². The van der Waals surface area contributed by atoms with Crippen LogP contribution in [0.15, 0.2) is 11.6 Å². The number of thiazole rings is 1. The van der Waals surface area contributed by atoms with Gasteiger partial charge < -0.3 is 11.1 Å². The van der Waals surface area contributed by atoms with Gasteiger partial charge in [0.05, 0.1) is 11.4 Å². The summed E-state index contributed by atoms with van der Waals surface area (Å²) < 4.78 is 1.67. The summed E-state index contributed by atoms with van der Waals surface area (Å²) in [6.45, 7) is 1.98. The number of nitrogens with zero attached hydrogens (tertiary/aromatic N) is 3. The van der Waals surface area contributed by atoms with Gasteiger partial charge in [0.1, 0.15) is 5.69 Å². The summed E-state index contributed by atoms with van der Waals surface area (Å²) in [4.78, 5) is 15.8. The molecular formula is C10H13N5OS. The summed E-state index contributed by atoms with van der Waals surface area (Å²) in [7, 11) is 1.82. The number of hydrogen-bond donors (Lipinski definition) is 2. The van der Waals surface area contributed by atoms with Crippen LogP contribution in [0.25, 0.3) is 0 Å². The van der Waals surface area contributed by atoms with Crippen molar-refractivity contribution in [3.05, 3.63) is 23.0 Å². The second kappa shape index (κ2) is 4.54. The maximum absolute atomic E-state index is 11.8. The highest BCUT2D eigenvalue weighted by Crippen LogP contribution is 2.16. The first-order valence-corrected chi connectivity index (χ1v) is 6.03. The summed E-state index contributed by atoms with van der Waals surface area (Å²) in [6.07, 6.45) is 2.53. The van der Waals surface area contributed by atoms with Gasteiger partial charge in [0.15, 0.2) is 5.13 Å². The summed E-state index contributed by atoms with van der Waals surface area (Å²) in [5.74, 6) is -0.263. The largest absolute Gasteiger partial charge is 0.375 e. The second-order valence-corrected chi connectivity index (χ2v) is 4.43. The highest BCUT2D eigenvalue weighted by molar-refractivity contribution is 7.13. The Morgan fingerprint density at radius 3 is 3.00 bits per heavy atom. The quantitative estimate of drug-likeness (QED) is 0.860. The number of aryl methyl sites for hydroxylation is 2. The van der Waals surface area contributed by atoms with Gasteiger partial charge in [-0.25, -0.2) is 4.98 Å². The van der Waals surface area contributed by atoms with E-state index in [1.807, 2.05) is 14.0 Å². The van der Waals surface area contributed by atoms with Gasteiger partial charge in [-0.15, -0.1) is 11.3 Å². The molecule has 0 aromatic carbocycles. The third kappa shape index (κ3) is 2.44. The molecule has 7 heteroatoms. The van der Waals surface area contributed by atoms with Gasteiger partial charge in [0, 0.05) is 18.6 Å². The van der Waals surface area contributed by atoms with Crippen molar-refractivity contribution in [2.24, 2.45) is 7.05 Å². The Bertz CT molecular complexity index is 545. The Morgan fingerprint density at radius 1 is 1.65 bits per heavy atom. The zero-order valence-electron chi connectivity index (χ0n) is 9.60. The average Bonchev–Trinajstić information content (AvgIpc) is 2.85. The van der Waals surface area contributed by atoms with E-state index in [1.165, 1.54) is 11.3 Å². The highest BCUT2D eigenvalue weighted by Gasteiger charge is 2.13. The first-order valence-electron chi connectivity index (χ1n) is 5.15. The summed E-state index contributed by atoms with van der Waals surface area (Å²) >= 11 is 1.24. The van der Waals surface area contributed by atoms with Gasteiger partial charge in [0.25, 0.3) is 5.91 Å². The second-order valence-electron chi connectivity index (χ2n) is 3.54. The smallest absolute Gasteiger partial charge is 0.275 e. The fourth-order valence-corrected chi connectivity index (χ4v) is 2.02. The zero-order valence-corrected chi connectivity index (χ0v) is 10.4. The molecule has 0 aliphatic heterocycles. The molecule has 0 radical (unpaired) electrons. The van der Waals surface area contributed by atoms with E-state index in [-0.39, 0.29) is 5.91 Å². The van der Waals surface area contributed by atoms with Crippen molar-refractivity contribution in [2.75, 3.05) is 11.1 Å². The predicted molar refractivity (Wildman–Crippen MR) is 67.1 cm³/mol. The Labute approximate surface area is 102 Å². The summed E-state index contributed by atoms with van der Waals surface area (Å²) in [6, 6.07) is 0. The fraction of sp³-hybridized carbons (Fsp3) is 0.300. The average molecular weight is 251 g/mol. The molecule has 0 saturated heterocycles. The number of nitrogens with two attached hydrogens (primary N) is 1. The van der Waals surface area contributed by atoms with Crippen LogP contribution in [0.2, 0.25) is 0 Å². The van der Waals surface area contributed by atoms with Crippen LogP contribution in [0.1, 0.15) is 23.1 Å². The van der Waals surface area contributed by atoms with Crippen molar-refractivity contribution < 1.29 is 4.79 Å². The van der Waals surface area contributed by atoms with E-state index in [1.54, 1.807) is 16.3 Å². The molecule has 2 rings (SSSR count). The van der Waals surface area contributed by atoms with Crippen molar-refractivity contribution in [1.29, 1.82) is 0 Å². The lowest BCUT2D eigenvalue weighted by Gasteiger charge is -2.01. The molecule has 17 heavy (non-hydrogen) atoms. The first-order chi connectivity index (χ1) is 8.10. The zero-order chi connectivity index (χ0) is 12.4. The topological polar surface area (TPSA) is 85.8 Å².